The second-order valence-corrected chi connectivity index (χ2v) is 7.65. The molecule has 6 nitrogen and oxygen atoms in total. The van der Waals surface area contributed by atoms with E-state index in [4.69, 9.17) is 5.14 Å². The molecule has 0 fully saturated rings. The number of hydrogen-bond acceptors (Lipinski definition) is 4. The molecule has 28 heavy (non-hydrogen) atoms. The first-order valence-corrected chi connectivity index (χ1v) is 9.65. The molecular weight excluding hydrogens is 393 g/mol. The zero-order chi connectivity index (χ0) is 20.7. The molecule has 0 atom stereocenters. The lowest BCUT2D eigenvalue weighted by Crippen LogP contribution is -2.16. The van der Waals surface area contributed by atoms with Gasteiger partial charge in [0.25, 0.3) is 0 Å². The number of aryl methyl sites for hydroxylation is 1. The lowest BCUT2D eigenvalue weighted by molar-refractivity contribution is -0.141. The van der Waals surface area contributed by atoms with Crippen molar-refractivity contribution in [1.29, 1.82) is 0 Å². The zero-order valence-corrected chi connectivity index (χ0v) is 15.8. The first-order valence-electron chi connectivity index (χ1n) is 8.10. The fraction of sp³-hybridized carbons (Fsp3) is 0.167. The summed E-state index contributed by atoms with van der Waals surface area (Å²) < 4.78 is 64.8. The molecular formula is C18H17F3N4O2S. The van der Waals surface area contributed by atoms with Gasteiger partial charge in [-0.3, -0.25) is 0 Å². The van der Waals surface area contributed by atoms with Crippen molar-refractivity contribution >= 4 is 15.7 Å². The average molecular weight is 410 g/mol. The van der Waals surface area contributed by atoms with Crippen LogP contribution in [0, 0.1) is 6.92 Å². The smallest absolute Gasteiger partial charge is 0.388 e. The van der Waals surface area contributed by atoms with E-state index in [1.165, 1.54) is 24.3 Å². The predicted molar refractivity (Wildman–Crippen MR) is 99.7 cm³/mol. The summed E-state index contributed by atoms with van der Waals surface area (Å²) in [6.07, 6.45) is -4.70. The van der Waals surface area contributed by atoms with Crippen molar-refractivity contribution in [3.05, 3.63) is 59.8 Å². The van der Waals surface area contributed by atoms with Crippen molar-refractivity contribution in [3.63, 3.8) is 0 Å². The van der Waals surface area contributed by atoms with Crippen LogP contribution in [-0.2, 0) is 16.2 Å². The molecule has 0 saturated carbocycles. The Hall–Kier alpha value is -2.85. The zero-order valence-electron chi connectivity index (χ0n) is 14.9. The Labute approximate surface area is 159 Å². The average Bonchev–Trinajstić information content (AvgIpc) is 3.07. The summed E-state index contributed by atoms with van der Waals surface area (Å²) >= 11 is 0. The molecule has 0 saturated heterocycles. The van der Waals surface area contributed by atoms with Crippen molar-refractivity contribution < 1.29 is 21.6 Å². The third-order valence-electron chi connectivity index (χ3n) is 4.20. The molecule has 0 aliphatic rings. The molecule has 1 aromatic heterocycles. The molecule has 3 N–H and O–H groups in total. The van der Waals surface area contributed by atoms with E-state index in [2.05, 4.69) is 10.4 Å². The van der Waals surface area contributed by atoms with Crippen LogP contribution in [0.15, 0.2) is 53.4 Å². The van der Waals surface area contributed by atoms with Gasteiger partial charge in [0.1, 0.15) is 4.90 Å². The fourth-order valence-electron chi connectivity index (χ4n) is 2.83. The number of rotatable bonds is 4. The van der Waals surface area contributed by atoms with Crippen molar-refractivity contribution in [3.8, 4) is 16.9 Å². The Morgan fingerprint density at radius 1 is 1.11 bits per heavy atom. The third-order valence-corrected chi connectivity index (χ3v) is 5.16. The number of nitrogens with one attached hydrogen (secondary N) is 1. The van der Waals surface area contributed by atoms with Crippen LogP contribution < -0.4 is 10.5 Å². The van der Waals surface area contributed by atoms with Crippen LogP contribution in [-0.4, -0.2) is 25.2 Å². The van der Waals surface area contributed by atoms with Gasteiger partial charge < -0.3 is 5.32 Å². The maximum absolute atomic E-state index is 13.3. The first-order chi connectivity index (χ1) is 13.0. The van der Waals surface area contributed by atoms with Crippen LogP contribution in [0.5, 0.6) is 0 Å². The van der Waals surface area contributed by atoms with Gasteiger partial charge in [-0.2, -0.15) is 18.3 Å². The molecule has 0 unspecified atom stereocenters. The number of halogens is 3. The first kappa shape index (κ1) is 19.9. The largest absolute Gasteiger partial charge is 0.435 e. The van der Waals surface area contributed by atoms with E-state index in [-0.39, 0.29) is 16.3 Å². The lowest BCUT2D eigenvalue weighted by Gasteiger charge is -2.13. The van der Waals surface area contributed by atoms with E-state index in [1.54, 1.807) is 25.2 Å². The Balaban J connectivity index is 2.33. The summed E-state index contributed by atoms with van der Waals surface area (Å²) in [6, 6.07) is 11.4. The molecule has 0 bridgehead atoms. The maximum Gasteiger partial charge on any atom is 0.435 e. The minimum Gasteiger partial charge on any atom is -0.388 e. The highest BCUT2D eigenvalue weighted by atomic mass is 32.2. The number of anilines is 1. The fourth-order valence-corrected chi connectivity index (χ4v) is 3.55. The van der Waals surface area contributed by atoms with Gasteiger partial charge in [0.15, 0.2) is 5.69 Å². The van der Waals surface area contributed by atoms with E-state index in [9.17, 15) is 21.6 Å². The van der Waals surface area contributed by atoms with E-state index in [0.29, 0.717) is 5.56 Å². The minimum atomic E-state index is -4.70. The van der Waals surface area contributed by atoms with E-state index in [0.717, 1.165) is 22.0 Å². The molecule has 10 heteroatoms. The molecule has 3 aromatic rings. The third kappa shape index (κ3) is 3.73. The SMILES string of the molecule is CNc1cc(-c2cc(C(F)(F)F)nn2-c2ccccc2S(N)(=O)=O)ccc1C. The molecule has 3 rings (SSSR count). The topological polar surface area (TPSA) is 90.0 Å². The number of aromatic nitrogens is 2. The Morgan fingerprint density at radius 3 is 2.39 bits per heavy atom. The van der Waals surface area contributed by atoms with Crippen LogP contribution in [0.2, 0.25) is 0 Å². The van der Waals surface area contributed by atoms with Gasteiger partial charge in [0.2, 0.25) is 10.0 Å². The normalized spacial score (nSPS) is 12.2. The molecule has 1 heterocycles. The van der Waals surface area contributed by atoms with Gasteiger partial charge in [-0.15, -0.1) is 0 Å². The Bertz CT molecular complexity index is 1140. The van der Waals surface area contributed by atoms with Crippen molar-refractivity contribution in [2.45, 2.75) is 18.0 Å². The number of nitrogens with two attached hydrogens (primary N) is 1. The maximum atomic E-state index is 13.3. The summed E-state index contributed by atoms with van der Waals surface area (Å²) in [5, 5.41) is 11.8. The quantitative estimate of drug-likeness (QED) is 0.688. The van der Waals surface area contributed by atoms with Crippen LogP contribution in [0.3, 0.4) is 0 Å². The molecule has 0 aliphatic heterocycles. The number of alkyl halides is 3. The predicted octanol–water partition coefficient (Wildman–Crippen LogP) is 3.56. The number of nitrogens with zero attached hydrogens (tertiary/aromatic N) is 2. The second kappa shape index (κ2) is 6.95. The molecule has 148 valence electrons. The van der Waals surface area contributed by atoms with Crippen molar-refractivity contribution in [2.24, 2.45) is 5.14 Å². The number of hydrogen-bond donors (Lipinski definition) is 2. The molecule has 2 aromatic carbocycles. The highest BCUT2D eigenvalue weighted by Gasteiger charge is 2.36. The van der Waals surface area contributed by atoms with Crippen LogP contribution in [0.25, 0.3) is 16.9 Å². The van der Waals surface area contributed by atoms with E-state index in [1.807, 2.05) is 6.92 Å². The van der Waals surface area contributed by atoms with E-state index < -0.39 is 21.9 Å². The summed E-state index contributed by atoms with van der Waals surface area (Å²) in [7, 11) is -2.49. The van der Waals surface area contributed by atoms with Crippen molar-refractivity contribution in [1.82, 2.24) is 9.78 Å². The summed E-state index contributed by atoms with van der Waals surface area (Å²) in [5.74, 6) is 0. The van der Waals surface area contributed by atoms with Gasteiger partial charge in [-0.1, -0.05) is 24.3 Å². The Morgan fingerprint density at radius 2 is 1.79 bits per heavy atom. The summed E-state index contributed by atoms with van der Waals surface area (Å²) in [4.78, 5) is -0.325. The number of para-hydroxylation sites is 1. The van der Waals surface area contributed by atoms with Gasteiger partial charge in [0, 0.05) is 18.3 Å². The van der Waals surface area contributed by atoms with Gasteiger partial charge in [-0.05, 0) is 36.8 Å². The number of sulfonamides is 1. The Kier molecular flexibility index (Phi) is 4.94. The number of primary sulfonamides is 1. The molecule has 0 spiro atoms. The van der Waals surface area contributed by atoms with Crippen LogP contribution in [0.4, 0.5) is 18.9 Å². The standard InChI is InChI=1S/C18H17F3N4O2S/c1-11-7-8-12(9-13(11)23-2)15-10-17(18(19,20)21)24-25(15)14-5-3-4-6-16(14)28(22,26)27/h3-10,23H,1-2H3,(H2,22,26,27). The monoisotopic (exact) mass is 410 g/mol. The number of benzene rings is 2. The molecule has 0 radical (unpaired) electrons. The van der Waals surface area contributed by atoms with Crippen LogP contribution >= 0.6 is 0 Å². The highest BCUT2D eigenvalue weighted by molar-refractivity contribution is 7.89. The van der Waals surface area contributed by atoms with Crippen molar-refractivity contribution in [2.75, 3.05) is 12.4 Å². The van der Waals surface area contributed by atoms with Gasteiger partial charge in [-0.25, -0.2) is 18.2 Å². The molecule has 0 aliphatic carbocycles. The lowest BCUT2D eigenvalue weighted by atomic mass is 10.1. The summed E-state index contributed by atoms with van der Waals surface area (Å²) in [5.41, 5.74) is 0.930. The minimum absolute atomic E-state index is 0.0675. The van der Waals surface area contributed by atoms with Crippen LogP contribution in [0.1, 0.15) is 11.3 Å². The highest BCUT2D eigenvalue weighted by Crippen LogP contribution is 2.35. The molecule has 0 amide bonds. The second-order valence-electron chi connectivity index (χ2n) is 6.12. The van der Waals surface area contributed by atoms with E-state index >= 15 is 0 Å². The van der Waals surface area contributed by atoms with Gasteiger partial charge >= 0.3 is 6.18 Å². The summed E-state index contributed by atoms with van der Waals surface area (Å²) in [6.45, 7) is 1.85. The van der Waals surface area contributed by atoms with Gasteiger partial charge in [0.05, 0.1) is 11.4 Å².